The smallest absolute Gasteiger partial charge is 0.409 e. The highest BCUT2D eigenvalue weighted by Crippen LogP contribution is 2.53. The molecule has 6 aliphatic rings. The van der Waals surface area contributed by atoms with Gasteiger partial charge in [0.05, 0.1) is 42.6 Å². The number of Topliss-reactive ketones (excluding diaryl/α,β-unsaturated/α-hetero) is 1. The Balaban J connectivity index is 0.766. The maximum Gasteiger partial charge on any atom is 0.409 e. The number of phenolic OH excluding ortho intramolecular Hbond substituents is 2. The fourth-order valence-electron chi connectivity index (χ4n) is 13.5. The van der Waals surface area contributed by atoms with Gasteiger partial charge in [0.1, 0.15) is 47.6 Å². The molecule has 8 amide bonds. The SMILES string of the molecule is C=C1CC(C)C(=O)N1CCCCCCC(=O)N[C@H](C(=O)N[C@@H](CCCNC(N)=O)C(=O)Nc1ccc(COC(=O)N(C)CCN(C)C(=O)OCC(=O)[C@]2(O)Cc3c(O)c4c(c(O)c3[C@@H](O[C@H]3C[C@H]5[C@H](O[C@@H]6[C@@H](OC)OCCN65)[C@H](C)O3)C2)C(=O)c2c(OC)cccc2C4=O)cc1)C(C)C. The fourth-order valence-corrected chi connectivity index (χ4v) is 13.5. The molecule has 4 aliphatic heterocycles. The van der Waals surface area contributed by atoms with Gasteiger partial charge in [0, 0.05) is 120 Å². The van der Waals surface area contributed by atoms with E-state index in [-0.39, 0.29) is 110 Å². The van der Waals surface area contributed by atoms with E-state index in [0.29, 0.717) is 43.8 Å². The van der Waals surface area contributed by atoms with Gasteiger partial charge < -0.3 is 94.9 Å². The summed E-state index contributed by atoms with van der Waals surface area (Å²) in [6, 6.07) is 7.55. The molecule has 0 aromatic heterocycles. The van der Waals surface area contributed by atoms with Crippen molar-refractivity contribution in [3.8, 4) is 17.2 Å². The molecule has 0 saturated carbocycles. The van der Waals surface area contributed by atoms with Crippen LogP contribution in [0, 0.1) is 11.8 Å². The third-order valence-electron chi connectivity index (χ3n) is 19.0. The number of hydrogen-bond donors (Lipinski definition) is 8. The number of aliphatic hydroxyl groups is 1. The molecule has 99 heavy (non-hydrogen) atoms. The molecular formula is C69H91N9O21. The second-order valence-corrected chi connectivity index (χ2v) is 26.4. The number of carbonyl (C=O) groups excluding carboxylic acids is 10. The first kappa shape index (κ1) is 74.4. The number of urea groups is 1. The third kappa shape index (κ3) is 16.9. The predicted octanol–water partition coefficient (Wildman–Crippen LogP) is 4.40. The molecule has 0 spiro atoms. The van der Waals surface area contributed by atoms with Gasteiger partial charge in [-0.25, -0.2) is 14.4 Å². The van der Waals surface area contributed by atoms with Crippen molar-refractivity contribution >= 4 is 64.9 Å². The lowest BCUT2D eigenvalue weighted by atomic mass is 9.72. The van der Waals surface area contributed by atoms with E-state index in [1.807, 2.05) is 6.92 Å². The van der Waals surface area contributed by atoms with E-state index in [9.17, 15) is 63.3 Å². The number of amides is 8. The van der Waals surface area contributed by atoms with Crippen LogP contribution in [0.3, 0.4) is 0 Å². The second-order valence-electron chi connectivity index (χ2n) is 26.4. The van der Waals surface area contributed by atoms with Gasteiger partial charge in [0.2, 0.25) is 35.2 Å². The number of rotatable bonds is 29. The summed E-state index contributed by atoms with van der Waals surface area (Å²) in [6.45, 7) is 11.4. The number of fused-ring (bicyclic) bond motifs is 6. The van der Waals surface area contributed by atoms with Crippen LogP contribution in [0.5, 0.6) is 17.2 Å². The predicted molar refractivity (Wildman–Crippen MR) is 352 cm³/mol. The topological polar surface area (TPSA) is 392 Å². The number of nitrogens with zero attached hydrogens (tertiary/aromatic N) is 4. The number of likely N-dealkylation sites (N-methyl/N-ethyl adjacent to an activating group) is 2. The molecular weight excluding hydrogens is 1290 g/mol. The molecule has 4 heterocycles. The number of likely N-dealkylation sites (tertiary alicyclic amines) is 1. The number of ether oxygens (including phenoxy) is 8. The molecule has 4 saturated heterocycles. The Morgan fingerprint density at radius 1 is 0.848 bits per heavy atom. The molecule has 9 rings (SSSR count). The molecule has 9 N–H and O–H groups in total. The number of hydrogen-bond acceptors (Lipinski definition) is 22. The van der Waals surface area contributed by atoms with E-state index < -0.39 is 144 Å². The number of benzene rings is 3. The van der Waals surface area contributed by atoms with Crippen molar-refractivity contribution in [1.82, 2.24) is 35.6 Å². The minimum Gasteiger partial charge on any atom is -0.507 e. The molecule has 30 heteroatoms. The first-order valence-corrected chi connectivity index (χ1v) is 33.4. The Bertz CT molecular complexity index is 3570. The second kappa shape index (κ2) is 32.5. The van der Waals surface area contributed by atoms with Crippen molar-refractivity contribution in [3.05, 3.63) is 93.7 Å². The average Bonchev–Trinajstić information content (AvgIpc) is 1.09. The molecule has 1 unspecified atom stereocenters. The highest BCUT2D eigenvalue weighted by atomic mass is 16.7. The summed E-state index contributed by atoms with van der Waals surface area (Å²) in [7, 11) is 5.60. The van der Waals surface area contributed by atoms with Crippen LogP contribution in [0.15, 0.2) is 54.7 Å². The number of aromatic hydroxyl groups is 2. The molecule has 4 fully saturated rings. The van der Waals surface area contributed by atoms with Crippen molar-refractivity contribution in [2.24, 2.45) is 17.6 Å². The van der Waals surface area contributed by atoms with Crippen LogP contribution in [-0.2, 0) is 70.2 Å². The number of anilines is 1. The average molecular weight is 1380 g/mol. The van der Waals surface area contributed by atoms with Crippen LogP contribution in [0.25, 0.3) is 0 Å². The number of ketones is 3. The molecule has 0 bridgehead atoms. The lowest BCUT2D eigenvalue weighted by molar-refractivity contribution is -0.256. The Morgan fingerprint density at radius 2 is 1.55 bits per heavy atom. The highest BCUT2D eigenvalue weighted by molar-refractivity contribution is 6.31. The maximum atomic E-state index is 14.3. The van der Waals surface area contributed by atoms with Gasteiger partial charge in [-0.1, -0.05) is 64.5 Å². The van der Waals surface area contributed by atoms with Crippen molar-refractivity contribution in [3.63, 3.8) is 0 Å². The van der Waals surface area contributed by atoms with E-state index in [2.05, 4.69) is 32.7 Å². The number of phenols is 2. The number of carbonyl (C=O) groups is 10. The van der Waals surface area contributed by atoms with Crippen molar-refractivity contribution < 1.29 is 101 Å². The van der Waals surface area contributed by atoms with E-state index >= 15 is 0 Å². The number of morpholine rings is 1. The van der Waals surface area contributed by atoms with E-state index in [0.717, 1.165) is 29.9 Å². The van der Waals surface area contributed by atoms with E-state index in [4.69, 9.17) is 43.6 Å². The Labute approximate surface area is 573 Å². The molecule has 30 nitrogen and oxygen atoms in total. The Kier molecular flexibility index (Phi) is 24.4. The molecule has 3 aromatic rings. The van der Waals surface area contributed by atoms with Gasteiger partial charge in [0.25, 0.3) is 0 Å². The highest BCUT2D eigenvalue weighted by Gasteiger charge is 2.56. The molecule has 0 radical (unpaired) electrons. The van der Waals surface area contributed by atoms with Crippen LogP contribution in [-0.4, -0.2) is 223 Å². The Morgan fingerprint density at radius 3 is 2.21 bits per heavy atom. The van der Waals surface area contributed by atoms with Crippen LogP contribution in [0.1, 0.15) is 147 Å². The summed E-state index contributed by atoms with van der Waals surface area (Å²) in [4.78, 5) is 140. The molecule has 2 aliphatic carbocycles. The monoisotopic (exact) mass is 1380 g/mol. The lowest BCUT2D eigenvalue weighted by Crippen LogP contribution is -2.55. The van der Waals surface area contributed by atoms with E-state index in [1.165, 1.54) is 51.4 Å². The molecule has 3 aromatic carbocycles. The minimum atomic E-state index is -2.48. The molecule has 538 valence electrons. The largest absolute Gasteiger partial charge is 0.507 e. The van der Waals surface area contributed by atoms with Crippen LogP contribution in [0.2, 0.25) is 0 Å². The molecule has 11 atom stereocenters. The minimum absolute atomic E-state index is 0.0473. The zero-order chi connectivity index (χ0) is 71.7. The Hall–Kier alpha value is -8.78. The van der Waals surface area contributed by atoms with Gasteiger partial charge in [-0.15, -0.1) is 0 Å². The number of allylic oxidation sites excluding steroid dienone is 1. The first-order valence-electron chi connectivity index (χ1n) is 33.4. The van der Waals surface area contributed by atoms with Gasteiger partial charge in [-0.05, 0) is 68.7 Å². The van der Waals surface area contributed by atoms with Crippen LogP contribution in [0.4, 0.5) is 20.1 Å². The number of unbranched alkanes of at least 4 members (excludes halogenated alkanes) is 3. The van der Waals surface area contributed by atoms with Crippen LogP contribution >= 0.6 is 0 Å². The van der Waals surface area contributed by atoms with Crippen molar-refractivity contribution in [2.45, 2.75) is 166 Å². The van der Waals surface area contributed by atoms with Gasteiger partial charge in [-0.3, -0.25) is 38.5 Å². The summed E-state index contributed by atoms with van der Waals surface area (Å²) >= 11 is 0. The quantitative estimate of drug-likeness (QED) is 0.0276. The summed E-state index contributed by atoms with van der Waals surface area (Å²) in [5, 5.41) is 47.6. The maximum absolute atomic E-state index is 14.3. The van der Waals surface area contributed by atoms with Crippen molar-refractivity contribution in [2.75, 3.05) is 79.6 Å². The zero-order valence-electron chi connectivity index (χ0n) is 57.1. The number of nitrogens with two attached hydrogens (primary N) is 1. The summed E-state index contributed by atoms with van der Waals surface area (Å²) in [5.41, 5.74) is 2.68. The number of primary amides is 1. The zero-order valence-corrected chi connectivity index (χ0v) is 57.1. The third-order valence-corrected chi connectivity index (χ3v) is 19.0. The fraction of sp³-hybridized carbons (Fsp3) is 0.565. The number of nitrogens with one attached hydrogen (secondary N) is 4. The van der Waals surface area contributed by atoms with Gasteiger partial charge in [-0.2, -0.15) is 0 Å². The van der Waals surface area contributed by atoms with E-state index in [1.54, 1.807) is 49.9 Å². The van der Waals surface area contributed by atoms with Gasteiger partial charge >= 0.3 is 18.2 Å². The summed E-state index contributed by atoms with van der Waals surface area (Å²) < 4.78 is 47.0. The standard InChI is InChI=1S/C69H91N9O21/c1-36(2)55(74-49(80)19-12-10-11-13-25-77-38(4)30-37(3)63(77)87)62(86)73-44(17-15-24-71-66(70)88)61(85)72-41-22-20-40(21-23-41)34-95-67(89)75(6)26-27-76(7)68(90)96-35-48(79)69(91)32-43-52(59(84)54-53(57(43)82)56(81)42-16-14-18-46(92-8)51(42)58(54)83)47(33-69)98-50-31-45-60(39(5)97-50)99-64-65(93-9)94-29-28-78(45)64/h14,16,18,20-23,36-37,39,44-45,47,50,55,60,64-65,82,84,91H,4,10-13,15,17,19,24-35H2,1-3,5-9H3,(H,72,85)(H,73,86)(H,74,80)(H3,70,71,88)/t37?,39-,44-,45-,47-,50-,55-,60+,64+,65-,69-/m0/s1. The normalized spacial score (nSPS) is 23.7. The van der Waals surface area contributed by atoms with Crippen molar-refractivity contribution in [1.29, 1.82) is 0 Å². The summed E-state index contributed by atoms with van der Waals surface area (Å²) in [6.07, 6.45) is -3.68. The summed E-state index contributed by atoms with van der Waals surface area (Å²) in [5.74, 6) is -5.96. The first-order chi connectivity index (χ1) is 47.1. The lowest BCUT2D eigenvalue weighted by Gasteiger charge is -2.43. The van der Waals surface area contributed by atoms with Gasteiger partial charge in [0.15, 0.2) is 31.2 Å². The van der Waals surface area contributed by atoms with Crippen LogP contribution < -0.4 is 31.7 Å². The number of methoxy groups -OCH3 is 2.